The molecule has 3 N–H and O–H groups in total. The minimum Gasteiger partial charge on any atom is -0.326 e. The Morgan fingerprint density at radius 2 is 1.47 bits per heavy atom. The van der Waals surface area contributed by atoms with Crippen molar-refractivity contribution in [3.8, 4) is 0 Å². The van der Waals surface area contributed by atoms with E-state index in [1.54, 1.807) is 0 Å². The second-order valence-corrected chi connectivity index (χ2v) is 5.83. The zero-order chi connectivity index (χ0) is 14.1. The van der Waals surface area contributed by atoms with Crippen molar-refractivity contribution < 1.29 is 0 Å². The molecule has 0 unspecified atom stereocenters. The summed E-state index contributed by atoms with van der Waals surface area (Å²) >= 11 is 6.75. The first-order valence-corrected chi connectivity index (χ1v) is 7.58. The normalized spacial score (nSPS) is 9.68. The van der Waals surface area contributed by atoms with Gasteiger partial charge in [-0.2, -0.15) is 0 Å². The van der Waals surface area contributed by atoms with Gasteiger partial charge in [0.1, 0.15) is 0 Å². The molecule has 0 aliphatic carbocycles. The fourth-order valence-corrected chi connectivity index (χ4v) is 2.41. The van der Waals surface area contributed by atoms with Crippen molar-refractivity contribution >= 4 is 31.9 Å². The van der Waals surface area contributed by atoms with Gasteiger partial charge < -0.3 is 11.1 Å². The third-order valence-electron chi connectivity index (χ3n) is 2.39. The van der Waals surface area contributed by atoms with E-state index >= 15 is 0 Å². The van der Waals surface area contributed by atoms with Gasteiger partial charge in [-0.25, -0.2) is 0 Å². The summed E-state index contributed by atoms with van der Waals surface area (Å²) in [5.41, 5.74) is 7.86. The van der Waals surface area contributed by atoms with Crippen LogP contribution in [0.3, 0.4) is 0 Å². The van der Waals surface area contributed by atoms with Crippen molar-refractivity contribution in [3.05, 3.63) is 68.6 Å². The number of hydrogen-bond donors (Lipinski definition) is 2. The van der Waals surface area contributed by atoms with Crippen LogP contribution in [0.5, 0.6) is 0 Å². The lowest BCUT2D eigenvalue weighted by molar-refractivity contribution is 0.817. The van der Waals surface area contributed by atoms with Crippen LogP contribution in [0, 0.1) is 0 Å². The highest BCUT2D eigenvalue weighted by Crippen LogP contribution is 2.11. The van der Waals surface area contributed by atoms with Crippen LogP contribution in [0.25, 0.3) is 0 Å². The molecular formula is C15H18Br2N2. The van der Waals surface area contributed by atoms with E-state index in [9.17, 15) is 0 Å². The number of benzene rings is 2. The Morgan fingerprint density at radius 1 is 0.947 bits per heavy atom. The van der Waals surface area contributed by atoms with Crippen LogP contribution in [0.2, 0.25) is 0 Å². The smallest absolute Gasteiger partial charge is 0.0202 e. The lowest BCUT2D eigenvalue weighted by Gasteiger charge is -1.98. The summed E-state index contributed by atoms with van der Waals surface area (Å²) in [4.78, 5) is 0. The zero-order valence-electron chi connectivity index (χ0n) is 10.9. The van der Waals surface area contributed by atoms with Crippen LogP contribution in [-0.4, -0.2) is 7.05 Å². The van der Waals surface area contributed by atoms with Crippen molar-refractivity contribution in [2.24, 2.45) is 5.73 Å². The predicted octanol–water partition coefficient (Wildman–Crippen LogP) is 4.08. The van der Waals surface area contributed by atoms with Crippen LogP contribution in [0.15, 0.2) is 57.5 Å². The summed E-state index contributed by atoms with van der Waals surface area (Å²) in [7, 11) is 1.95. The van der Waals surface area contributed by atoms with Gasteiger partial charge in [-0.1, -0.05) is 56.1 Å². The maximum atomic E-state index is 5.40. The van der Waals surface area contributed by atoms with Gasteiger partial charge in [0.25, 0.3) is 0 Å². The van der Waals surface area contributed by atoms with E-state index in [0.717, 1.165) is 21.1 Å². The highest BCUT2D eigenvalue weighted by molar-refractivity contribution is 9.10. The molecule has 2 aromatic rings. The van der Waals surface area contributed by atoms with Crippen LogP contribution in [-0.2, 0) is 13.1 Å². The van der Waals surface area contributed by atoms with Crippen molar-refractivity contribution in [2.45, 2.75) is 13.1 Å². The molecule has 19 heavy (non-hydrogen) atoms. The van der Waals surface area contributed by atoms with Gasteiger partial charge in [-0.05, 0) is 42.4 Å². The average Bonchev–Trinajstić information content (AvgIpc) is 2.40. The fourth-order valence-electron chi connectivity index (χ4n) is 1.51. The van der Waals surface area contributed by atoms with E-state index in [0.29, 0.717) is 6.54 Å². The molecule has 0 saturated heterocycles. The second kappa shape index (κ2) is 9.26. The monoisotopic (exact) mass is 384 g/mol. The van der Waals surface area contributed by atoms with E-state index in [4.69, 9.17) is 5.73 Å². The molecule has 2 nitrogen and oxygen atoms in total. The minimum atomic E-state index is 0.611. The first kappa shape index (κ1) is 16.4. The van der Waals surface area contributed by atoms with E-state index < -0.39 is 0 Å². The molecule has 0 aromatic heterocycles. The molecule has 0 fully saturated rings. The van der Waals surface area contributed by atoms with Crippen molar-refractivity contribution in [2.75, 3.05) is 7.05 Å². The van der Waals surface area contributed by atoms with Crippen LogP contribution in [0.4, 0.5) is 0 Å². The van der Waals surface area contributed by atoms with Crippen molar-refractivity contribution in [1.29, 1.82) is 0 Å². The van der Waals surface area contributed by atoms with E-state index in [1.807, 2.05) is 43.4 Å². The Hall–Kier alpha value is -0.680. The molecule has 102 valence electrons. The Kier molecular flexibility index (Phi) is 7.98. The second-order valence-electron chi connectivity index (χ2n) is 3.99. The molecule has 0 radical (unpaired) electrons. The van der Waals surface area contributed by atoms with Crippen LogP contribution >= 0.6 is 31.9 Å². The first-order chi connectivity index (χ1) is 9.15. The quantitative estimate of drug-likeness (QED) is 0.835. The van der Waals surface area contributed by atoms with Gasteiger partial charge in [0.2, 0.25) is 0 Å². The Bertz CT molecular complexity index is 501. The molecule has 0 saturated carbocycles. The lowest BCUT2D eigenvalue weighted by atomic mass is 10.2. The van der Waals surface area contributed by atoms with Gasteiger partial charge in [0.15, 0.2) is 0 Å². The van der Waals surface area contributed by atoms with Gasteiger partial charge in [-0.15, -0.1) is 0 Å². The van der Waals surface area contributed by atoms with Gasteiger partial charge in [0.05, 0.1) is 0 Å². The minimum absolute atomic E-state index is 0.611. The molecule has 0 bridgehead atoms. The van der Waals surface area contributed by atoms with Gasteiger partial charge in [-0.3, -0.25) is 0 Å². The highest BCUT2D eigenvalue weighted by Gasteiger charge is 1.89. The van der Waals surface area contributed by atoms with E-state index in [-0.39, 0.29) is 0 Å². The maximum absolute atomic E-state index is 5.40. The molecule has 0 aliphatic rings. The van der Waals surface area contributed by atoms with Gasteiger partial charge in [0, 0.05) is 22.0 Å². The van der Waals surface area contributed by atoms with Crippen molar-refractivity contribution in [1.82, 2.24) is 5.32 Å². The standard InChI is InChI=1S/C8H10BrN.C7H8BrN/c1-10-6-7-3-2-4-8(9)5-7;8-7-3-1-2-6(4-7)5-9/h2-5,10H,6H2,1H3;1-4H,5,9H2. The number of nitrogens with two attached hydrogens (primary N) is 1. The third-order valence-corrected chi connectivity index (χ3v) is 3.38. The van der Waals surface area contributed by atoms with E-state index in [1.165, 1.54) is 5.56 Å². The molecule has 0 atom stereocenters. The Balaban J connectivity index is 0.000000191. The number of nitrogens with one attached hydrogen (secondary N) is 1. The van der Waals surface area contributed by atoms with E-state index in [2.05, 4.69) is 49.3 Å². The topological polar surface area (TPSA) is 38.0 Å². The lowest BCUT2D eigenvalue weighted by Crippen LogP contribution is -2.04. The Morgan fingerprint density at radius 3 is 1.89 bits per heavy atom. The first-order valence-electron chi connectivity index (χ1n) is 5.99. The molecule has 0 spiro atoms. The molecule has 0 amide bonds. The summed E-state index contributed by atoms with van der Waals surface area (Å²) in [6.07, 6.45) is 0. The molecule has 2 rings (SSSR count). The number of rotatable bonds is 3. The summed E-state index contributed by atoms with van der Waals surface area (Å²) in [5, 5.41) is 3.09. The number of halogens is 2. The third kappa shape index (κ3) is 6.87. The van der Waals surface area contributed by atoms with Crippen molar-refractivity contribution in [3.63, 3.8) is 0 Å². The highest BCUT2D eigenvalue weighted by atomic mass is 79.9. The van der Waals surface area contributed by atoms with Crippen LogP contribution in [0.1, 0.15) is 11.1 Å². The summed E-state index contributed by atoms with van der Waals surface area (Å²) in [5.74, 6) is 0. The van der Waals surface area contributed by atoms with Crippen LogP contribution < -0.4 is 11.1 Å². The summed E-state index contributed by atoms with van der Waals surface area (Å²) in [6, 6.07) is 16.3. The summed E-state index contributed by atoms with van der Waals surface area (Å²) < 4.78 is 2.23. The maximum Gasteiger partial charge on any atom is 0.0202 e. The number of hydrogen-bond acceptors (Lipinski definition) is 2. The summed E-state index contributed by atoms with van der Waals surface area (Å²) in [6.45, 7) is 1.54. The molecule has 4 heteroatoms. The molecule has 0 heterocycles. The predicted molar refractivity (Wildman–Crippen MR) is 88.9 cm³/mol. The molecule has 0 aliphatic heterocycles. The molecular weight excluding hydrogens is 368 g/mol. The van der Waals surface area contributed by atoms with Gasteiger partial charge >= 0.3 is 0 Å². The molecule has 2 aromatic carbocycles. The average molecular weight is 386 g/mol. The fraction of sp³-hybridized carbons (Fsp3) is 0.200. The Labute approximate surface area is 131 Å². The SMILES string of the molecule is CNCc1cccc(Br)c1.NCc1cccc(Br)c1. The zero-order valence-corrected chi connectivity index (χ0v) is 14.0. The largest absolute Gasteiger partial charge is 0.326 e.